The normalized spacial score (nSPS) is 11.0. The van der Waals surface area contributed by atoms with Crippen molar-refractivity contribution >= 4 is 33.0 Å². The summed E-state index contributed by atoms with van der Waals surface area (Å²) < 4.78 is 2.06. The second kappa shape index (κ2) is 3.74. The molecule has 0 unspecified atom stereocenters. The number of thiazole rings is 1. The van der Waals surface area contributed by atoms with E-state index in [4.69, 9.17) is 0 Å². The molecule has 0 atom stereocenters. The first-order valence-electron chi connectivity index (χ1n) is 4.22. The maximum atomic E-state index is 10.8. The van der Waals surface area contributed by atoms with Crippen molar-refractivity contribution in [2.45, 2.75) is 19.6 Å². The number of hydrogen-bond acceptors (Lipinski definition) is 4. The summed E-state index contributed by atoms with van der Waals surface area (Å²) in [6.45, 7) is 3.66. The number of hydrogen-bond donors (Lipinski definition) is 0. The molecule has 74 valence electrons. The molecule has 2 aromatic rings. The Labute approximate surface area is 90.2 Å². The largest absolute Gasteiger partial charge is 0.294 e. The zero-order valence-electron chi connectivity index (χ0n) is 7.98. The molecule has 0 aliphatic heterocycles. The van der Waals surface area contributed by atoms with Gasteiger partial charge in [-0.2, -0.15) is 0 Å². The number of carbonyl (C=O) groups is 1. The van der Waals surface area contributed by atoms with Gasteiger partial charge in [-0.05, 0) is 6.92 Å². The lowest BCUT2D eigenvalue weighted by Crippen LogP contribution is -1.88. The molecule has 0 saturated carbocycles. The molecule has 0 saturated heterocycles. The van der Waals surface area contributed by atoms with E-state index in [-0.39, 0.29) is 5.12 Å². The van der Waals surface area contributed by atoms with E-state index in [2.05, 4.69) is 16.3 Å². The minimum absolute atomic E-state index is 0.167. The Kier molecular flexibility index (Phi) is 2.60. The van der Waals surface area contributed by atoms with Crippen LogP contribution in [0.1, 0.15) is 17.5 Å². The summed E-state index contributed by atoms with van der Waals surface area (Å²) in [5.41, 5.74) is 1.19. The predicted molar refractivity (Wildman–Crippen MR) is 59.8 cm³/mol. The Morgan fingerprint density at radius 2 is 2.50 bits per heavy atom. The zero-order valence-corrected chi connectivity index (χ0v) is 9.61. The van der Waals surface area contributed by atoms with E-state index in [1.807, 2.05) is 12.5 Å². The van der Waals surface area contributed by atoms with Crippen LogP contribution in [0.3, 0.4) is 0 Å². The van der Waals surface area contributed by atoms with Crippen LogP contribution in [-0.2, 0) is 10.5 Å². The van der Waals surface area contributed by atoms with Gasteiger partial charge < -0.3 is 0 Å². The monoisotopic (exact) mass is 226 g/mol. The molecule has 0 fully saturated rings. The quantitative estimate of drug-likeness (QED) is 0.789. The molecule has 0 bridgehead atoms. The van der Waals surface area contributed by atoms with E-state index in [0.29, 0.717) is 0 Å². The molecule has 2 heterocycles. The Morgan fingerprint density at radius 3 is 3.14 bits per heavy atom. The minimum atomic E-state index is 0.167. The summed E-state index contributed by atoms with van der Waals surface area (Å²) in [6.07, 6.45) is 3.66. The molecule has 14 heavy (non-hydrogen) atoms. The Hall–Kier alpha value is -0.810. The zero-order chi connectivity index (χ0) is 10.1. The first kappa shape index (κ1) is 9.73. The third-order valence-corrected chi connectivity index (χ3v) is 4.22. The van der Waals surface area contributed by atoms with Gasteiger partial charge in [-0.25, -0.2) is 4.98 Å². The van der Waals surface area contributed by atoms with Crippen molar-refractivity contribution in [3.05, 3.63) is 23.1 Å². The molecule has 2 aromatic heterocycles. The van der Waals surface area contributed by atoms with Crippen LogP contribution in [0.5, 0.6) is 0 Å². The van der Waals surface area contributed by atoms with Crippen molar-refractivity contribution in [2.75, 3.05) is 0 Å². The van der Waals surface area contributed by atoms with Gasteiger partial charge in [0.2, 0.25) is 0 Å². The molecule has 0 aliphatic carbocycles. The topological polar surface area (TPSA) is 34.4 Å². The van der Waals surface area contributed by atoms with Gasteiger partial charge in [0.15, 0.2) is 5.12 Å². The first-order valence-corrected chi connectivity index (χ1v) is 6.02. The van der Waals surface area contributed by atoms with Crippen LogP contribution in [0.25, 0.3) is 4.83 Å². The van der Waals surface area contributed by atoms with Crippen LogP contribution in [0, 0.1) is 6.92 Å². The van der Waals surface area contributed by atoms with Gasteiger partial charge in [-0.3, -0.25) is 9.20 Å². The fraction of sp³-hybridized carbons (Fsp3) is 0.333. The lowest BCUT2D eigenvalue weighted by Gasteiger charge is -1.95. The fourth-order valence-corrected chi connectivity index (χ4v) is 3.10. The summed E-state index contributed by atoms with van der Waals surface area (Å²) in [5, 5.41) is 0.167. The molecule has 0 amide bonds. The molecule has 0 aromatic carbocycles. The summed E-state index contributed by atoms with van der Waals surface area (Å²) >= 11 is 3.05. The molecule has 5 heteroatoms. The number of rotatable bonds is 2. The van der Waals surface area contributed by atoms with Crippen LogP contribution >= 0.6 is 23.1 Å². The van der Waals surface area contributed by atoms with E-state index in [1.165, 1.54) is 22.3 Å². The van der Waals surface area contributed by atoms with Crippen molar-refractivity contribution in [3.63, 3.8) is 0 Å². The van der Waals surface area contributed by atoms with Crippen molar-refractivity contribution in [3.8, 4) is 0 Å². The summed E-state index contributed by atoms with van der Waals surface area (Å²) in [7, 11) is 0. The van der Waals surface area contributed by atoms with Crippen LogP contribution in [0.15, 0.2) is 12.5 Å². The highest BCUT2D eigenvalue weighted by atomic mass is 32.2. The molecule has 0 N–H and O–H groups in total. The molecule has 2 rings (SSSR count). The van der Waals surface area contributed by atoms with Gasteiger partial charge in [0.05, 0.1) is 6.20 Å². The van der Waals surface area contributed by atoms with E-state index in [9.17, 15) is 4.79 Å². The average Bonchev–Trinajstić information content (AvgIpc) is 2.66. The van der Waals surface area contributed by atoms with Crippen molar-refractivity contribution < 1.29 is 4.79 Å². The smallest absolute Gasteiger partial charge is 0.186 e. The van der Waals surface area contributed by atoms with Crippen LogP contribution in [-0.4, -0.2) is 14.5 Å². The lowest BCUT2D eigenvalue weighted by molar-refractivity contribution is -0.109. The maximum absolute atomic E-state index is 10.8. The Balaban J connectivity index is 2.28. The minimum Gasteiger partial charge on any atom is -0.294 e. The second-order valence-electron chi connectivity index (χ2n) is 2.99. The van der Waals surface area contributed by atoms with E-state index in [1.54, 1.807) is 18.3 Å². The van der Waals surface area contributed by atoms with Gasteiger partial charge in [0, 0.05) is 23.2 Å². The highest BCUT2D eigenvalue weighted by molar-refractivity contribution is 8.12. The van der Waals surface area contributed by atoms with Gasteiger partial charge >= 0.3 is 0 Å². The number of imidazole rings is 1. The molecular formula is C9H10N2OS2. The van der Waals surface area contributed by atoms with Crippen molar-refractivity contribution in [1.29, 1.82) is 0 Å². The summed E-state index contributed by atoms with van der Waals surface area (Å²) in [4.78, 5) is 17.3. The molecule has 3 nitrogen and oxygen atoms in total. The molecule has 0 spiro atoms. The third-order valence-electron chi connectivity index (χ3n) is 2.00. The third kappa shape index (κ3) is 1.69. The average molecular weight is 226 g/mol. The molecular weight excluding hydrogens is 216 g/mol. The van der Waals surface area contributed by atoms with Crippen LogP contribution < -0.4 is 0 Å². The number of aromatic nitrogens is 2. The highest BCUT2D eigenvalue weighted by Crippen LogP contribution is 2.26. The Morgan fingerprint density at radius 1 is 1.71 bits per heavy atom. The summed E-state index contributed by atoms with van der Waals surface area (Å²) in [5.74, 6) is 0.771. The first-order chi connectivity index (χ1) is 6.68. The van der Waals surface area contributed by atoms with E-state index in [0.717, 1.165) is 10.6 Å². The van der Waals surface area contributed by atoms with Gasteiger partial charge in [-0.1, -0.05) is 11.8 Å². The van der Waals surface area contributed by atoms with Crippen LogP contribution in [0.2, 0.25) is 0 Å². The molecule has 0 aliphatic rings. The van der Waals surface area contributed by atoms with Gasteiger partial charge in [0.1, 0.15) is 11.2 Å². The van der Waals surface area contributed by atoms with Crippen LogP contribution in [0.4, 0.5) is 0 Å². The standard InChI is InChI=1S/C9H10N2OS2/c1-6-8(4-13-7(2)12)14-9-3-10-5-11(6)9/h3,5H,4H2,1-2H3. The second-order valence-corrected chi connectivity index (χ2v) is 5.26. The molecule has 0 radical (unpaired) electrons. The lowest BCUT2D eigenvalue weighted by atomic mass is 10.4. The number of nitrogens with zero attached hydrogens (tertiary/aromatic N) is 2. The Bertz CT molecular complexity index is 472. The SMILES string of the molecule is CC(=O)SCc1sc2cncn2c1C. The van der Waals surface area contributed by atoms with Gasteiger partial charge in [-0.15, -0.1) is 11.3 Å². The van der Waals surface area contributed by atoms with E-state index >= 15 is 0 Å². The van der Waals surface area contributed by atoms with E-state index < -0.39 is 0 Å². The number of fused-ring (bicyclic) bond motifs is 1. The number of thioether (sulfide) groups is 1. The van der Waals surface area contributed by atoms with Gasteiger partial charge in [0.25, 0.3) is 0 Å². The maximum Gasteiger partial charge on any atom is 0.186 e. The number of carbonyl (C=O) groups excluding carboxylic acids is 1. The highest BCUT2D eigenvalue weighted by Gasteiger charge is 2.08. The predicted octanol–water partition coefficient (Wildman–Crippen LogP) is 2.48. The van der Waals surface area contributed by atoms with Crippen molar-refractivity contribution in [1.82, 2.24) is 9.38 Å². The fourth-order valence-electron chi connectivity index (χ4n) is 1.25. The summed E-state index contributed by atoms with van der Waals surface area (Å²) in [6, 6.07) is 0. The number of aryl methyl sites for hydroxylation is 1. The van der Waals surface area contributed by atoms with Crippen molar-refractivity contribution in [2.24, 2.45) is 0 Å².